The lowest BCUT2D eigenvalue weighted by atomic mass is 10.0. The number of hydrogen-bond acceptors (Lipinski definition) is 1. The van der Waals surface area contributed by atoms with Crippen LogP contribution in [0.5, 0.6) is 0 Å². The summed E-state index contributed by atoms with van der Waals surface area (Å²) < 4.78 is 1.97. The molecular formula is C20H20N2O. The van der Waals surface area contributed by atoms with Crippen LogP contribution in [0.2, 0.25) is 0 Å². The van der Waals surface area contributed by atoms with Crippen LogP contribution in [0, 0.1) is 0 Å². The van der Waals surface area contributed by atoms with Gasteiger partial charge in [-0.05, 0) is 23.3 Å². The van der Waals surface area contributed by atoms with E-state index >= 15 is 0 Å². The third-order valence-corrected chi connectivity index (χ3v) is 3.87. The third kappa shape index (κ3) is 4.10. The van der Waals surface area contributed by atoms with E-state index in [-0.39, 0.29) is 11.9 Å². The number of rotatable bonds is 6. The van der Waals surface area contributed by atoms with Crippen molar-refractivity contribution < 1.29 is 4.79 Å². The van der Waals surface area contributed by atoms with Crippen molar-refractivity contribution >= 4 is 5.91 Å². The summed E-state index contributed by atoms with van der Waals surface area (Å²) in [4.78, 5) is 12.7. The molecule has 23 heavy (non-hydrogen) atoms. The van der Waals surface area contributed by atoms with Crippen LogP contribution in [-0.2, 0) is 17.8 Å². The molecule has 0 fully saturated rings. The van der Waals surface area contributed by atoms with Crippen LogP contribution in [0.3, 0.4) is 0 Å². The van der Waals surface area contributed by atoms with Crippen molar-refractivity contribution in [1.82, 2.24) is 9.88 Å². The fourth-order valence-corrected chi connectivity index (χ4v) is 2.63. The Kier molecular flexibility index (Phi) is 4.89. The molecule has 0 aliphatic carbocycles. The van der Waals surface area contributed by atoms with Gasteiger partial charge in [-0.1, -0.05) is 60.7 Å². The van der Waals surface area contributed by atoms with Gasteiger partial charge < -0.3 is 9.88 Å². The van der Waals surface area contributed by atoms with E-state index in [1.165, 1.54) is 0 Å². The molecule has 3 rings (SSSR count). The summed E-state index contributed by atoms with van der Waals surface area (Å²) in [6.45, 7) is 0.548. The van der Waals surface area contributed by atoms with Crippen LogP contribution in [0.15, 0.2) is 85.2 Å². The van der Waals surface area contributed by atoms with E-state index in [0.29, 0.717) is 13.0 Å². The van der Waals surface area contributed by atoms with Crippen LogP contribution in [0.4, 0.5) is 0 Å². The largest absolute Gasteiger partial charge is 0.350 e. The smallest absolute Gasteiger partial charge is 0.243 e. The van der Waals surface area contributed by atoms with E-state index in [0.717, 1.165) is 11.1 Å². The Hall–Kier alpha value is -2.81. The van der Waals surface area contributed by atoms with Gasteiger partial charge >= 0.3 is 0 Å². The highest BCUT2D eigenvalue weighted by Crippen LogP contribution is 2.15. The Balaban J connectivity index is 1.71. The molecule has 2 aromatic carbocycles. The third-order valence-electron chi connectivity index (χ3n) is 3.87. The van der Waals surface area contributed by atoms with Gasteiger partial charge in [-0.2, -0.15) is 0 Å². The second kappa shape index (κ2) is 7.45. The van der Waals surface area contributed by atoms with E-state index in [1.54, 1.807) is 0 Å². The summed E-state index contributed by atoms with van der Waals surface area (Å²) in [5.41, 5.74) is 2.26. The van der Waals surface area contributed by atoms with Crippen molar-refractivity contribution in [3.63, 3.8) is 0 Å². The van der Waals surface area contributed by atoms with Crippen molar-refractivity contribution in [2.24, 2.45) is 0 Å². The van der Waals surface area contributed by atoms with Crippen LogP contribution < -0.4 is 5.32 Å². The first-order valence-electron chi connectivity index (χ1n) is 7.81. The molecule has 0 saturated heterocycles. The second-order valence-electron chi connectivity index (χ2n) is 5.54. The molecule has 1 N–H and O–H groups in total. The Bertz CT molecular complexity index is 721. The minimum atomic E-state index is -0.240. The molecule has 3 aromatic rings. The predicted molar refractivity (Wildman–Crippen MR) is 91.9 cm³/mol. The van der Waals surface area contributed by atoms with E-state index in [4.69, 9.17) is 0 Å². The Morgan fingerprint density at radius 3 is 2.00 bits per heavy atom. The van der Waals surface area contributed by atoms with Gasteiger partial charge in [-0.15, -0.1) is 0 Å². The summed E-state index contributed by atoms with van der Waals surface area (Å²) in [6, 6.07) is 23.7. The Morgan fingerprint density at radius 2 is 1.39 bits per heavy atom. The summed E-state index contributed by atoms with van der Waals surface area (Å²) in [7, 11) is 0. The molecule has 0 saturated carbocycles. The molecule has 3 nitrogen and oxygen atoms in total. The highest BCUT2D eigenvalue weighted by Gasteiger charge is 2.19. The number of carbonyl (C=O) groups is 1. The SMILES string of the molecule is O=C(NCc1ccccc1)C(Cc1ccccc1)n1cccc1. The van der Waals surface area contributed by atoms with Gasteiger partial charge in [0.2, 0.25) is 5.91 Å². The summed E-state index contributed by atoms with van der Waals surface area (Å²) in [5.74, 6) is 0.0360. The van der Waals surface area contributed by atoms with Crippen LogP contribution in [-0.4, -0.2) is 10.5 Å². The lowest BCUT2D eigenvalue weighted by Gasteiger charge is -2.19. The minimum absolute atomic E-state index is 0.0360. The molecule has 1 unspecified atom stereocenters. The molecule has 0 spiro atoms. The number of amides is 1. The van der Waals surface area contributed by atoms with Crippen LogP contribution >= 0.6 is 0 Å². The first-order valence-corrected chi connectivity index (χ1v) is 7.81. The number of aromatic nitrogens is 1. The average Bonchev–Trinajstić information content (AvgIpc) is 3.14. The van der Waals surface area contributed by atoms with Crippen molar-refractivity contribution in [1.29, 1.82) is 0 Å². The molecule has 1 heterocycles. The van der Waals surface area contributed by atoms with Gasteiger partial charge in [0.1, 0.15) is 6.04 Å². The summed E-state index contributed by atoms with van der Waals surface area (Å²) in [5, 5.41) is 3.05. The van der Waals surface area contributed by atoms with Gasteiger partial charge in [0, 0.05) is 25.4 Å². The zero-order chi connectivity index (χ0) is 15.9. The molecule has 1 atom stereocenters. The minimum Gasteiger partial charge on any atom is -0.350 e. The number of benzene rings is 2. The Morgan fingerprint density at radius 1 is 0.826 bits per heavy atom. The maximum Gasteiger partial charge on any atom is 0.243 e. The quantitative estimate of drug-likeness (QED) is 0.742. The fourth-order valence-electron chi connectivity index (χ4n) is 2.63. The summed E-state index contributed by atoms with van der Waals surface area (Å²) >= 11 is 0. The van der Waals surface area contributed by atoms with Crippen LogP contribution in [0.1, 0.15) is 17.2 Å². The second-order valence-corrected chi connectivity index (χ2v) is 5.54. The molecule has 0 bridgehead atoms. The molecule has 0 aliphatic rings. The molecule has 0 aliphatic heterocycles. The number of hydrogen-bond donors (Lipinski definition) is 1. The van der Waals surface area contributed by atoms with E-state index in [1.807, 2.05) is 77.6 Å². The standard InChI is InChI=1S/C20H20N2O/c23-20(21-16-18-11-5-2-6-12-18)19(22-13-7-8-14-22)15-17-9-3-1-4-10-17/h1-14,19H,15-16H2,(H,21,23). The zero-order valence-corrected chi connectivity index (χ0v) is 12.9. The van der Waals surface area contributed by atoms with Crippen molar-refractivity contribution in [2.75, 3.05) is 0 Å². The van der Waals surface area contributed by atoms with Crippen molar-refractivity contribution in [2.45, 2.75) is 19.0 Å². The molecule has 1 aromatic heterocycles. The van der Waals surface area contributed by atoms with Gasteiger partial charge in [0.05, 0.1) is 0 Å². The fraction of sp³-hybridized carbons (Fsp3) is 0.150. The Labute approximate surface area is 136 Å². The van der Waals surface area contributed by atoms with Crippen molar-refractivity contribution in [3.05, 3.63) is 96.3 Å². The lowest BCUT2D eigenvalue weighted by molar-refractivity contribution is -0.124. The highest BCUT2D eigenvalue weighted by atomic mass is 16.2. The van der Waals surface area contributed by atoms with Crippen molar-refractivity contribution in [3.8, 4) is 0 Å². The first kappa shape index (κ1) is 15.1. The highest BCUT2D eigenvalue weighted by molar-refractivity contribution is 5.80. The van der Waals surface area contributed by atoms with E-state index < -0.39 is 0 Å². The molecular weight excluding hydrogens is 284 g/mol. The van der Waals surface area contributed by atoms with Gasteiger partial charge in [-0.3, -0.25) is 4.79 Å². The average molecular weight is 304 g/mol. The van der Waals surface area contributed by atoms with Gasteiger partial charge in [0.25, 0.3) is 0 Å². The maximum atomic E-state index is 12.7. The van der Waals surface area contributed by atoms with Gasteiger partial charge in [-0.25, -0.2) is 0 Å². The zero-order valence-electron chi connectivity index (χ0n) is 12.9. The molecule has 3 heteroatoms. The lowest BCUT2D eigenvalue weighted by Crippen LogP contribution is -2.33. The number of carbonyl (C=O) groups excluding carboxylic acids is 1. The number of nitrogens with one attached hydrogen (secondary N) is 1. The molecule has 0 radical (unpaired) electrons. The summed E-state index contributed by atoms with van der Waals surface area (Å²) in [6.07, 6.45) is 4.56. The molecule has 116 valence electrons. The molecule has 1 amide bonds. The first-order chi connectivity index (χ1) is 11.3. The topological polar surface area (TPSA) is 34.0 Å². The van der Waals surface area contributed by atoms with E-state index in [2.05, 4.69) is 17.4 Å². The predicted octanol–water partition coefficient (Wildman–Crippen LogP) is 3.59. The monoisotopic (exact) mass is 304 g/mol. The van der Waals surface area contributed by atoms with E-state index in [9.17, 15) is 4.79 Å². The number of nitrogens with zero attached hydrogens (tertiary/aromatic N) is 1. The van der Waals surface area contributed by atoms with Gasteiger partial charge in [0.15, 0.2) is 0 Å². The van der Waals surface area contributed by atoms with Crippen LogP contribution in [0.25, 0.3) is 0 Å². The normalized spacial score (nSPS) is 11.8. The maximum absolute atomic E-state index is 12.7.